The zero-order chi connectivity index (χ0) is 21.3. The summed E-state index contributed by atoms with van der Waals surface area (Å²) in [5, 5.41) is 1.34. The van der Waals surface area contributed by atoms with E-state index in [1.54, 1.807) is 16.3 Å². The summed E-state index contributed by atoms with van der Waals surface area (Å²) >= 11 is 1.60. The molecule has 0 atom stereocenters. The minimum atomic E-state index is -0.0401. The van der Waals surface area contributed by atoms with E-state index in [0.29, 0.717) is 10.5 Å². The zero-order valence-corrected chi connectivity index (χ0v) is 18.5. The first-order valence-electron chi connectivity index (χ1n) is 9.92. The Labute approximate surface area is 181 Å². The molecule has 4 aromatic rings. The molecule has 0 aliphatic rings. The smallest absolute Gasteiger partial charge is 0.266 e. The molecule has 0 spiro atoms. The fourth-order valence-electron chi connectivity index (χ4n) is 3.43. The number of nitrogens with zero attached hydrogens (tertiary/aromatic N) is 3. The summed E-state index contributed by atoms with van der Waals surface area (Å²) < 4.78 is 1.73. The second kappa shape index (κ2) is 8.36. The normalized spacial score (nSPS) is 11.1. The first kappa shape index (κ1) is 20.2. The van der Waals surface area contributed by atoms with Crippen LogP contribution in [0.1, 0.15) is 16.7 Å². The topological polar surface area (TPSA) is 38.1 Å². The molecule has 5 heteroatoms. The van der Waals surface area contributed by atoms with Crippen molar-refractivity contribution in [3.8, 4) is 5.69 Å². The highest BCUT2D eigenvalue weighted by molar-refractivity contribution is 7.98. The summed E-state index contributed by atoms with van der Waals surface area (Å²) in [5.74, 6) is 0.758. The first-order valence-corrected chi connectivity index (χ1v) is 10.9. The van der Waals surface area contributed by atoms with Gasteiger partial charge in [0.15, 0.2) is 5.16 Å². The van der Waals surface area contributed by atoms with Crippen molar-refractivity contribution in [2.75, 3.05) is 19.0 Å². The molecule has 0 amide bonds. The number of hydrogen-bond donors (Lipinski definition) is 0. The van der Waals surface area contributed by atoms with Gasteiger partial charge in [-0.25, -0.2) is 4.98 Å². The van der Waals surface area contributed by atoms with E-state index in [1.807, 2.05) is 67.5 Å². The van der Waals surface area contributed by atoms with Gasteiger partial charge in [0, 0.05) is 25.5 Å². The lowest BCUT2D eigenvalue weighted by atomic mass is 10.1. The van der Waals surface area contributed by atoms with Crippen molar-refractivity contribution >= 4 is 28.4 Å². The molecule has 0 bridgehead atoms. The molecule has 0 fully saturated rings. The molecule has 0 N–H and O–H groups in total. The van der Waals surface area contributed by atoms with E-state index in [1.165, 1.54) is 16.7 Å². The van der Waals surface area contributed by atoms with Crippen molar-refractivity contribution in [3.05, 3.63) is 93.8 Å². The Hall–Kier alpha value is -3.05. The van der Waals surface area contributed by atoms with Gasteiger partial charge in [0.25, 0.3) is 5.56 Å². The molecule has 152 valence electrons. The van der Waals surface area contributed by atoms with Gasteiger partial charge >= 0.3 is 0 Å². The molecule has 0 saturated heterocycles. The predicted molar refractivity (Wildman–Crippen MR) is 127 cm³/mol. The Balaban J connectivity index is 1.82. The van der Waals surface area contributed by atoms with E-state index in [-0.39, 0.29) is 5.56 Å². The summed E-state index contributed by atoms with van der Waals surface area (Å²) in [6, 6.07) is 22.0. The third kappa shape index (κ3) is 3.98. The quantitative estimate of drug-likeness (QED) is 0.325. The van der Waals surface area contributed by atoms with Crippen LogP contribution in [0.2, 0.25) is 0 Å². The van der Waals surface area contributed by atoms with Gasteiger partial charge < -0.3 is 4.90 Å². The van der Waals surface area contributed by atoms with Crippen LogP contribution in [0.3, 0.4) is 0 Å². The highest BCUT2D eigenvalue weighted by Crippen LogP contribution is 2.27. The summed E-state index contributed by atoms with van der Waals surface area (Å²) in [6.45, 7) is 4.22. The second-order valence-corrected chi connectivity index (χ2v) is 8.62. The Morgan fingerprint density at radius 1 is 0.967 bits per heavy atom. The monoisotopic (exact) mass is 415 g/mol. The van der Waals surface area contributed by atoms with Gasteiger partial charge in [-0.2, -0.15) is 0 Å². The van der Waals surface area contributed by atoms with Gasteiger partial charge in [-0.3, -0.25) is 9.36 Å². The average molecular weight is 416 g/mol. The number of fused-ring (bicyclic) bond motifs is 1. The molecule has 1 aromatic heterocycles. The van der Waals surface area contributed by atoms with Crippen LogP contribution in [0.5, 0.6) is 0 Å². The van der Waals surface area contributed by atoms with Gasteiger partial charge in [-0.15, -0.1) is 0 Å². The molecule has 1 heterocycles. The molecule has 0 aliphatic heterocycles. The number of rotatable bonds is 5. The number of anilines is 1. The van der Waals surface area contributed by atoms with Crippen molar-refractivity contribution in [1.29, 1.82) is 0 Å². The molecular formula is C25H25N3OS. The molecule has 0 unspecified atom stereocenters. The van der Waals surface area contributed by atoms with Crippen LogP contribution in [0.15, 0.2) is 76.7 Å². The standard InChI is InChI=1S/C25H25N3OS/c1-17-9-10-18(2)19(15-17)16-30-25-26-23-8-6-5-7-22(23)24(29)28(25)21-13-11-20(12-14-21)27(3)4/h5-15H,16H2,1-4H3. The Bertz CT molecular complexity index is 1260. The molecular weight excluding hydrogens is 390 g/mol. The van der Waals surface area contributed by atoms with Crippen LogP contribution in [-0.4, -0.2) is 23.6 Å². The number of benzene rings is 3. The van der Waals surface area contributed by atoms with Gasteiger partial charge in [0.2, 0.25) is 0 Å². The minimum Gasteiger partial charge on any atom is -0.378 e. The van der Waals surface area contributed by atoms with Crippen LogP contribution in [0, 0.1) is 13.8 Å². The van der Waals surface area contributed by atoms with Crippen LogP contribution in [-0.2, 0) is 5.75 Å². The van der Waals surface area contributed by atoms with Crippen molar-refractivity contribution in [2.45, 2.75) is 24.8 Å². The largest absolute Gasteiger partial charge is 0.378 e. The van der Waals surface area contributed by atoms with Crippen molar-refractivity contribution in [1.82, 2.24) is 9.55 Å². The highest BCUT2D eigenvalue weighted by Gasteiger charge is 2.14. The third-order valence-electron chi connectivity index (χ3n) is 5.23. The van der Waals surface area contributed by atoms with E-state index in [2.05, 4.69) is 32.0 Å². The van der Waals surface area contributed by atoms with Crippen LogP contribution in [0.4, 0.5) is 5.69 Å². The van der Waals surface area contributed by atoms with Gasteiger partial charge in [-0.05, 0) is 61.4 Å². The molecule has 4 nitrogen and oxygen atoms in total. The highest BCUT2D eigenvalue weighted by atomic mass is 32.2. The van der Waals surface area contributed by atoms with Crippen LogP contribution in [0.25, 0.3) is 16.6 Å². The van der Waals surface area contributed by atoms with E-state index >= 15 is 0 Å². The summed E-state index contributed by atoms with van der Waals surface area (Å²) in [7, 11) is 4.01. The molecule has 4 rings (SSSR count). The molecule has 0 saturated carbocycles. The van der Waals surface area contributed by atoms with Crippen molar-refractivity contribution in [2.24, 2.45) is 0 Å². The summed E-state index contributed by atoms with van der Waals surface area (Å²) in [5.41, 5.74) is 6.35. The lowest BCUT2D eigenvalue weighted by Crippen LogP contribution is -2.22. The SMILES string of the molecule is Cc1ccc(C)c(CSc2nc3ccccc3c(=O)n2-c2ccc(N(C)C)cc2)c1. The number of aryl methyl sites for hydroxylation is 2. The fourth-order valence-corrected chi connectivity index (χ4v) is 4.51. The lowest BCUT2D eigenvalue weighted by molar-refractivity contribution is 0.819. The molecule has 0 aliphatic carbocycles. The van der Waals surface area contributed by atoms with Crippen molar-refractivity contribution in [3.63, 3.8) is 0 Å². The van der Waals surface area contributed by atoms with Crippen LogP contribution < -0.4 is 10.5 Å². The summed E-state index contributed by atoms with van der Waals surface area (Å²) in [6.07, 6.45) is 0. The first-order chi connectivity index (χ1) is 14.4. The fraction of sp³-hybridized carbons (Fsp3) is 0.200. The van der Waals surface area contributed by atoms with E-state index in [4.69, 9.17) is 4.98 Å². The van der Waals surface area contributed by atoms with Crippen LogP contribution >= 0.6 is 11.8 Å². The third-order valence-corrected chi connectivity index (χ3v) is 6.22. The van der Waals surface area contributed by atoms with Gasteiger partial charge in [0.05, 0.1) is 16.6 Å². The van der Waals surface area contributed by atoms with E-state index in [9.17, 15) is 4.79 Å². The average Bonchev–Trinajstić information content (AvgIpc) is 2.74. The van der Waals surface area contributed by atoms with Gasteiger partial charge in [-0.1, -0.05) is 47.7 Å². The number of aromatic nitrogens is 2. The second-order valence-electron chi connectivity index (χ2n) is 7.68. The molecule has 30 heavy (non-hydrogen) atoms. The Morgan fingerprint density at radius 2 is 1.70 bits per heavy atom. The predicted octanol–water partition coefficient (Wildman–Crippen LogP) is 5.36. The lowest BCUT2D eigenvalue weighted by Gasteiger charge is -2.16. The maximum atomic E-state index is 13.4. The Morgan fingerprint density at radius 3 is 2.43 bits per heavy atom. The molecule has 0 radical (unpaired) electrons. The summed E-state index contributed by atoms with van der Waals surface area (Å²) in [4.78, 5) is 20.3. The van der Waals surface area contributed by atoms with E-state index < -0.39 is 0 Å². The maximum absolute atomic E-state index is 13.4. The number of hydrogen-bond acceptors (Lipinski definition) is 4. The number of thioether (sulfide) groups is 1. The zero-order valence-electron chi connectivity index (χ0n) is 17.7. The minimum absolute atomic E-state index is 0.0401. The van der Waals surface area contributed by atoms with Crippen molar-refractivity contribution < 1.29 is 0 Å². The maximum Gasteiger partial charge on any atom is 0.266 e. The number of para-hydroxylation sites is 1. The Kier molecular flexibility index (Phi) is 5.64. The molecule has 3 aromatic carbocycles. The van der Waals surface area contributed by atoms with E-state index in [0.717, 1.165) is 22.6 Å². The van der Waals surface area contributed by atoms with Gasteiger partial charge in [0.1, 0.15) is 0 Å².